The van der Waals surface area contributed by atoms with E-state index in [9.17, 15) is 4.79 Å². The van der Waals surface area contributed by atoms with Crippen molar-refractivity contribution in [2.75, 3.05) is 0 Å². The summed E-state index contributed by atoms with van der Waals surface area (Å²) in [6.07, 6.45) is 3.51. The Labute approximate surface area is 97.3 Å². The van der Waals surface area contributed by atoms with Crippen molar-refractivity contribution in [3.05, 3.63) is 12.2 Å². The minimum atomic E-state index is 0.247. The van der Waals surface area contributed by atoms with Crippen LogP contribution in [0.3, 0.4) is 0 Å². The Balaban J connectivity index is 1.88. The van der Waals surface area contributed by atoms with Crippen LogP contribution in [0.4, 0.5) is 0 Å². The molecule has 0 aromatic heterocycles. The Kier molecular flexibility index (Phi) is 1.22. The number of allylic oxidation sites excluding steroid dienone is 1. The van der Waals surface area contributed by atoms with Crippen LogP contribution in [0.2, 0.25) is 0 Å². The highest BCUT2D eigenvalue weighted by Crippen LogP contribution is 2.92. The van der Waals surface area contributed by atoms with Crippen molar-refractivity contribution in [2.24, 2.45) is 34.0 Å². The van der Waals surface area contributed by atoms with E-state index >= 15 is 0 Å². The van der Waals surface area contributed by atoms with E-state index in [0.29, 0.717) is 22.5 Å². The van der Waals surface area contributed by atoms with Crippen LogP contribution in [0.5, 0.6) is 0 Å². The normalized spacial score (nSPS) is 60.1. The molecule has 0 aromatic rings. The molecule has 0 heterocycles. The molecule has 1 nitrogen and oxygen atoms in total. The largest absolute Gasteiger partial charge is 0.295 e. The molecule has 86 valence electrons. The summed E-state index contributed by atoms with van der Waals surface area (Å²) in [5.41, 5.74) is 2.16. The lowest BCUT2D eigenvalue weighted by Gasteiger charge is -2.28. The molecule has 4 aliphatic rings. The van der Waals surface area contributed by atoms with Gasteiger partial charge in [-0.25, -0.2) is 0 Å². The van der Waals surface area contributed by atoms with Crippen LogP contribution in [-0.4, -0.2) is 5.78 Å². The zero-order chi connectivity index (χ0) is 11.5. The first-order chi connectivity index (χ1) is 7.38. The lowest BCUT2D eigenvalue weighted by atomic mass is 9.75. The Hall–Kier alpha value is -0.590. The number of rotatable bonds is 0. The van der Waals surface area contributed by atoms with Gasteiger partial charge in [-0.3, -0.25) is 4.79 Å². The second kappa shape index (κ2) is 2.07. The topological polar surface area (TPSA) is 17.1 Å². The third kappa shape index (κ3) is 0.605. The summed E-state index contributed by atoms with van der Waals surface area (Å²) in [4.78, 5) is 11.9. The van der Waals surface area contributed by atoms with E-state index in [0.717, 1.165) is 23.8 Å². The van der Waals surface area contributed by atoms with Crippen molar-refractivity contribution >= 4 is 5.78 Å². The molecule has 0 aliphatic heterocycles. The molecule has 0 unspecified atom stereocenters. The van der Waals surface area contributed by atoms with Gasteiger partial charge in [-0.2, -0.15) is 0 Å². The van der Waals surface area contributed by atoms with Gasteiger partial charge in [0.2, 0.25) is 0 Å². The monoisotopic (exact) mass is 216 g/mol. The molecule has 5 atom stereocenters. The lowest BCUT2D eigenvalue weighted by Crippen LogP contribution is -2.24. The van der Waals surface area contributed by atoms with Crippen LogP contribution in [0.25, 0.3) is 0 Å². The Morgan fingerprint density at radius 2 is 2.00 bits per heavy atom. The van der Waals surface area contributed by atoms with Crippen LogP contribution < -0.4 is 0 Å². The molecular formula is C15H20O. The summed E-state index contributed by atoms with van der Waals surface area (Å²) in [6, 6.07) is 0. The molecule has 0 amide bonds. The van der Waals surface area contributed by atoms with Crippen LogP contribution >= 0.6 is 0 Å². The molecule has 1 spiro atoms. The molecule has 0 N–H and O–H groups in total. The third-order valence-corrected chi connectivity index (χ3v) is 6.92. The average molecular weight is 216 g/mol. The highest BCUT2D eigenvalue weighted by molar-refractivity contribution is 6.02. The van der Waals surface area contributed by atoms with Gasteiger partial charge in [0, 0.05) is 11.8 Å². The van der Waals surface area contributed by atoms with E-state index in [1.807, 2.05) is 0 Å². The molecule has 0 bridgehead atoms. The predicted molar refractivity (Wildman–Crippen MR) is 62.8 cm³/mol. The van der Waals surface area contributed by atoms with Crippen LogP contribution in [0.1, 0.15) is 40.0 Å². The van der Waals surface area contributed by atoms with E-state index in [-0.39, 0.29) is 5.41 Å². The first-order valence-electron chi connectivity index (χ1n) is 6.61. The number of hydrogen-bond acceptors (Lipinski definition) is 1. The molecule has 4 fully saturated rings. The maximum Gasteiger partial charge on any atom is 0.159 e. The van der Waals surface area contributed by atoms with Crippen molar-refractivity contribution in [3.63, 3.8) is 0 Å². The van der Waals surface area contributed by atoms with Crippen LogP contribution in [0, 0.1) is 34.0 Å². The van der Waals surface area contributed by atoms with E-state index in [1.165, 1.54) is 12.8 Å². The fourth-order valence-corrected chi connectivity index (χ4v) is 6.07. The smallest absolute Gasteiger partial charge is 0.159 e. The van der Waals surface area contributed by atoms with Crippen molar-refractivity contribution < 1.29 is 4.79 Å². The van der Waals surface area contributed by atoms with Crippen molar-refractivity contribution in [2.45, 2.75) is 40.0 Å². The Morgan fingerprint density at radius 3 is 2.69 bits per heavy atom. The second-order valence-electron chi connectivity index (χ2n) is 7.39. The molecule has 0 radical (unpaired) electrons. The quantitative estimate of drug-likeness (QED) is 0.568. The number of fused-ring (bicyclic) bond motifs is 2. The Morgan fingerprint density at radius 1 is 1.31 bits per heavy atom. The van der Waals surface area contributed by atoms with Crippen LogP contribution in [0.15, 0.2) is 12.2 Å². The van der Waals surface area contributed by atoms with Crippen LogP contribution in [-0.2, 0) is 4.79 Å². The van der Waals surface area contributed by atoms with Gasteiger partial charge in [0.15, 0.2) is 5.78 Å². The number of Topliss-reactive ketones (excluding diaryl/α,β-unsaturated/α-hetero) is 1. The minimum absolute atomic E-state index is 0.247. The number of ketones is 1. The van der Waals surface area contributed by atoms with E-state index < -0.39 is 0 Å². The second-order valence-corrected chi connectivity index (χ2v) is 7.39. The van der Waals surface area contributed by atoms with E-state index in [4.69, 9.17) is 0 Å². The first-order valence-corrected chi connectivity index (χ1v) is 6.61. The maximum atomic E-state index is 11.9. The van der Waals surface area contributed by atoms with E-state index in [1.54, 1.807) is 0 Å². The Bertz CT molecular complexity index is 446. The summed E-state index contributed by atoms with van der Waals surface area (Å²) in [6.45, 7) is 11.4. The van der Waals surface area contributed by atoms with Gasteiger partial charge in [0.1, 0.15) is 0 Å². The van der Waals surface area contributed by atoms with Crippen molar-refractivity contribution in [1.29, 1.82) is 0 Å². The lowest BCUT2D eigenvalue weighted by molar-refractivity contribution is -0.115. The summed E-state index contributed by atoms with van der Waals surface area (Å²) < 4.78 is 0. The van der Waals surface area contributed by atoms with E-state index in [2.05, 4.69) is 27.4 Å². The van der Waals surface area contributed by atoms with Gasteiger partial charge in [-0.05, 0) is 47.0 Å². The standard InChI is InChI=1S/C15H20O/c1-8-10(16)7-11-14(4)6-5-9-12(13(9,2)3)15(8,11)14/h9,11-12H,1,5-7H2,2-4H3/t9-,11-,12+,14+,15-/m0/s1. The van der Waals surface area contributed by atoms with Gasteiger partial charge >= 0.3 is 0 Å². The van der Waals surface area contributed by atoms with Gasteiger partial charge < -0.3 is 0 Å². The molecule has 1 heteroatoms. The highest BCUT2D eigenvalue weighted by Gasteiger charge is 2.89. The molecule has 4 aliphatic carbocycles. The zero-order valence-electron chi connectivity index (χ0n) is 10.5. The summed E-state index contributed by atoms with van der Waals surface area (Å²) in [7, 11) is 0. The fourth-order valence-electron chi connectivity index (χ4n) is 6.07. The first kappa shape index (κ1) is 9.44. The van der Waals surface area contributed by atoms with Gasteiger partial charge in [0.05, 0.1) is 0 Å². The number of carbonyl (C=O) groups excluding carboxylic acids is 1. The maximum absolute atomic E-state index is 11.9. The highest BCUT2D eigenvalue weighted by atomic mass is 16.1. The molecule has 4 rings (SSSR count). The molecule has 16 heavy (non-hydrogen) atoms. The zero-order valence-corrected chi connectivity index (χ0v) is 10.5. The SMILES string of the molecule is C=C1C(=O)C[C@@H]2[C@]13[C@@H]1[C@H](CC[C@]23C)C1(C)C. The summed E-state index contributed by atoms with van der Waals surface area (Å²) in [5.74, 6) is 2.65. The van der Waals surface area contributed by atoms with Gasteiger partial charge in [0.25, 0.3) is 0 Å². The molecular weight excluding hydrogens is 196 g/mol. The minimum Gasteiger partial charge on any atom is -0.295 e. The van der Waals surface area contributed by atoms with Crippen molar-refractivity contribution in [3.8, 4) is 0 Å². The number of hydrogen-bond donors (Lipinski definition) is 0. The predicted octanol–water partition coefficient (Wildman–Crippen LogP) is 3.20. The molecule has 0 saturated heterocycles. The number of carbonyl (C=O) groups is 1. The summed E-state index contributed by atoms with van der Waals surface area (Å²) in [5, 5.41) is 0. The summed E-state index contributed by atoms with van der Waals surface area (Å²) >= 11 is 0. The molecule has 0 aromatic carbocycles. The van der Waals surface area contributed by atoms with Crippen molar-refractivity contribution in [1.82, 2.24) is 0 Å². The van der Waals surface area contributed by atoms with Gasteiger partial charge in [-0.15, -0.1) is 0 Å². The molecule has 4 saturated carbocycles. The van der Waals surface area contributed by atoms with Gasteiger partial charge in [-0.1, -0.05) is 27.4 Å². The third-order valence-electron chi connectivity index (χ3n) is 6.92. The average Bonchev–Trinajstić information content (AvgIpc) is 2.91. The fraction of sp³-hybridized carbons (Fsp3) is 0.800.